The number of hydrogen-bond donors (Lipinski definition) is 2. The molecule has 1 fully saturated rings. The Hall–Kier alpha value is -2.88. The molecule has 2 N–H and O–H groups in total. The lowest BCUT2D eigenvalue weighted by Crippen LogP contribution is -2.59. The monoisotopic (exact) mass is 420 g/mol. The van der Waals surface area contributed by atoms with E-state index < -0.39 is 30.2 Å². The minimum atomic E-state index is -3.12. The summed E-state index contributed by atoms with van der Waals surface area (Å²) in [5.41, 5.74) is 0.106. The predicted octanol–water partition coefficient (Wildman–Crippen LogP) is 2.01. The average molecular weight is 420 g/mol. The van der Waals surface area contributed by atoms with E-state index >= 15 is 0 Å². The Morgan fingerprint density at radius 3 is 2.87 bits per heavy atom. The molecule has 1 amide bonds. The van der Waals surface area contributed by atoms with E-state index in [-0.39, 0.29) is 71.9 Å². The van der Waals surface area contributed by atoms with E-state index in [9.17, 15) is 23.1 Å². The van der Waals surface area contributed by atoms with Crippen LogP contribution in [0, 0.1) is 5.82 Å². The van der Waals surface area contributed by atoms with Crippen molar-refractivity contribution in [2.45, 2.75) is 37.8 Å². The van der Waals surface area contributed by atoms with Gasteiger partial charge in [0.1, 0.15) is 29.4 Å². The summed E-state index contributed by atoms with van der Waals surface area (Å²) in [7, 11) is 0. The van der Waals surface area contributed by atoms with Crippen molar-refractivity contribution in [3.05, 3.63) is 34.8 Å². The normalized spacial score (nSPS) is 24.3. The molecule has 0 bridgehead atoms. The molecule has 0 unspecified atom stereocenters. The van der Waals surface area contributed by atoms with Crippen LogP contribution in [0.15, 0.2) is 12.1 Å². The van der Waals surface area contributed by atoms with Gasteiger partial charge in [0.15, 0.2) is 0 Å². The van der Waals surface area contributed by atoms with Crippen molar-refractivity contribution in [3.8, 4) is 17.0 Å². The van der Waals surface area contributed by atoms with Gasteiger partial charge in [-0.2, -0.15) is 8.78 Å². The van der Waals surface area contributed by atoms with Gasteiger partial charge < -0.3 is 20.1 Å². The Balaban J connectivity index is 1.68. The summed E-state index contributed by atoms with van der Waals surface area (Å²) in [6.45, 7) is 2.37. The summed E-state index contributed by atoms with van der Waals surface area (Å²) < 4.78 is 49.4. The topological polar surface area (TPSA) is 87.6 Å². The van der Waals surface area contributed by atoms with E-state index in [1.165, 1.54) is 6.07 Å². The number of benzene rings is 1. The molecule has 30 heavy (non-hydrogen) atoms. The lowest BCUT2D eigenvalue weighted by molar-refractivity contribution is -0.00603. The van der Waals surface area contributed by atoms with Crippen LogP contribution >= 0.6 is 0 Å². The lowest BCUT2D eigenvalue weighted by atomic mass is 10.0. The molecule has 0 spiro atoms. The number of hydrogen-bond acceptors (Lipinski definition) is 6. The molecule has 1 aromatic heterocycles. The van der Waals surface area contributed by atoms with Crippen molar-refractivity contribution in [2.75, 3.05) is 24.6 Å². The number of aliphatic hydroxyl groups is 1. The van der Waals surface area contributed by atoms with E-state index in [1.54, 1.807) is 11.8 Å². The standard InChI is InChI=1S/C20H19F3N4O3/c1-9-13(28)8-27(9)19-25-16(11-2-3-20(22,23)17(11)26-19)10-6-12(21)15-14(7-10)30-5-4-24-18(15)29/h6-7,9,13,28H,2-5,8H2,1H3,(H,24,29)/t9-,13+/m0/s1. The van der Waals surface area contributed by atoms with Crippen molar-refractivity contribution >= 4 is 11.9 Å². The number of amides is 1. The SMILES string of the molecule is C[C@H]1[C@H](O)CN1c1nc(-c2cc(F)c3c(c2)OCCNC3=O)c2c(n1)C(F)(F)CC2. The first kappa shape index (κ1) is 19.1. The molecule has 1 saturated heterocycles. The molecule has 2 atom stereocenters. The van der Waals surface area contributed by atoms with E-state index in [2.05, 4.69) is 15.3 Å². The molecule has 2 aromatic rings. The fourth-order valence-electron chi connectivity index (χ4n) is 4.10. The molecule has 1 aromatic carbocycles. The molecular weight excluding hydrogens is 401 g/mol. The summed E-state index contributed by atoms with van der Waals surface area (Å²) in [5, 5.41) is 12.3. The molecule has 10 heteroatoms. The fourth-order valence-corrected chi connectivity index (χ4v) is 4.10. The van der Waals surface area contributed by atoms with Gasteiger partial charge in [-0.05, 0) is 25.5 Å². The van der Waals surface area contributed by atoms with E-state index in [0.29, 0.717) is 0 Å². The van der Waals surface area contributed by atoms with Gasteiger partial charge in [-0.25, -0.2) is 14.4 Å². The molecule has 1 aliphatic carbocycles. The molecule has 3 aliphatic rings. The van der Waals surface area contributed by atoms with Crippen molar-refractivity contribution < 1.29 is 27.8 Å². The van der Waals surface area contributed by atoms with Crippen molar-refractivity contribution in [2.24, 2.45) is 0 Å². The number of β-amino-alcohol motifs (C(OH)–C–C–N with tert-alkyl or cyclic N) is 1. The van der Waals surface area contributed by atoms with Crippen LogP contribution in [0.4, 0.5) is 19.1 Å². The van der Waals surface area contributed by atoms with Crippen LogP contribution in [0.3, 0.4) is 0 Å². The van der Waals surface area contributed by atoms with E-state index in [4.69, 9.17) is 4.74 Å². The second-order valence-electron chi connectivity index (χ2n) is 7.80. The number of aromatic nitrogens is 2. The minimum absolute atomic E-state index is 0.0476. The fraction of sp³-hybridized carbons (Fsp3) is 0.450. The molecule has 0 saturated carbocycles. The van der Waals surface area contributed by atoms with Crippen LogP contribution in [0.25, 0.3) is 11.3 Å². The van der Waals surface area contributed by atoms with Gasteiger partial charge in [0.05, 0.1) is 24.4 Å². The zero-order chi connectivity index (χ0) is 21.2. The summed E-state index contributed by atoms with van der Waals surface area (Å²) >= 11 is 0. The van der Waals surface area contributed by atoms with Crippen molar-refractivity contribution in [1.29, 1.82) is 0 Å². The maximum Gasteiger partial charge on any atom is 0.290 e. The number of fused-ring (bicyclic) bond motifs is 2. The van der Waals surface area contributed by atoms with Crippen molar-refractivity contribution in [1.82, 2.24) is 15.3 Å². The highest BCUT2D eigenvalue weighted by molar-refractivity contribution is 5.98. The van der Waals surface area contributed by atoms with Gasteiger partial charge in [-0.3, -0.25) is 4.79 Å². The first-order chi connectivity index (χ1) is 14.3. The van der Waals surface area contributed by atoms with Gasteiger partial charge in [-0.1, -0.05) is 0 Å². The number of nitrogens with zero attached hydrogens (tertiary/aromatic N) is 3. The Morgan fingerprint density at radius 1 is 1.33 bits per heavy atom. The van der Waals surface area contributed by atoms with E-state index in [0.717, 1.165) is 6.07 Å². The van der Waals surface area contributed by atoms with E-state index in [1.807, 2.05) is 0 Å². The van der Waals surface area contributed by atoms with Crippen LogP contribution in [-0.2, 0) is 12.3 Å². The van der Waals surface area contributed by atoms with Crippen LogP contribution in [-0.4, -0.2) is 52.8 Å². The number of carbonyl (C=O) groups excluding carboxylic acids is 1. The highest BCUT2D eigenvalue weighted by atomic mass is 19.3. The average Bonchev–Trinajstić information content (AvgIpc) is 2.89. The predicted molar refractivity (Wildman–Crippen MR) is 100 cm³/mol. The smallest absolute Gasteiger partial charge is 0.290 e. The molecule has 5 rings (SSSR count). The third-order valence-corrected chi connectivity index (χ3v) is 5.92. The number of alkyl halides is 2. The highest BCUT2D eigenvalue weighted by Gasteiger charge is 2.45. The summed E-state index contributed by atoms with van der Waals surface area (Å²) in [6, 6.07) is 2.26. The largest absolute Gasteiger partial charge is 0.491 e. The number of aliphatic hydroxyl groups excluding tert-OH is 1. The van der Waals surface area contributed by atoms with Gasteiger partial charge in [0.2, 0.25) is 5.95 Å². The zero-order valence-electron chi connectivity index (χ0n) is 16.1. The second kappa shape index (κ2) is 6.56. The number of anilines is 1. The first-order valence-electron chi connectivity index (χ1n) is 9.75. The van der Waals surface area contributed by atoms with Crippen LogP contribution in [0.2, 0.25) is 0 Å². The zero-order valence-corrected chi connectivity index (χ0v) is 16.1. The summed E-state index contributed by atoms with van der Waals surface area (Å²) in [5.74, 6) is -4.40. The van der Waals surface area contributed by atoms with Crippen molar-refractivity contribution in [3.63, 3.8) is 0 Å². The quantitative estimate of drug-likeness (QED) is 0.773. The van der Waals surface area contributed by atoms with Crippen LogP contribution < -0.4 is 15.0 Å². The molecule has 7 nitrogen and oxygen atoms in total. The number of nitrogens with one attached hydrogen (secondary N) is 1. The van der Waals surface area contributed by atoms with Gasteiger partial charge in [-0.15, -0.1) is 0 Å². The Morgan fingerprint density at radius 2 is 2.13 bits per heavy atom. The minimum Gasteiger partial charge on any atom is -0.491 e. The number of carbonyl (C=O) groups is 1. The van der Waals surface area contributed by atoms with Crippen LogP contribution in [0.1, 0.15) is 35.0 Å². The summed E-state index contributed by atoms with van der Waals surface area (Å²) in [6.07, 6.45) is -0.948. The third kappa shape index (κ3) is 2.81. The van der Waals surface area contributed by atoms with Gasteiger partial charge in [0, 0.05) is 24.1 Å². The molecule has 158 valence electrons. The molecular formula is C20H19F3N4O3. The maximum atomic E-state index is 14.8. The Labute approximate surface area is 169 Å². The Kier molecular flexibility index (Phi) is 4.18. The second-order valence-corrected chi connectivity index (χ2v) is 7.80. The summed E-state index contributed by atoms with van der Waals surface area (Å²) in [4.78, 5) is 22.3. The maximum absolute atomic E-state index is 14.8. The first-order valence-corrected chi connectivity index (χ1v) is 9.75. The highest BCUT2D eigenvalue weighted by Crippen LogP contribution is 2.45. The van der Waals surface area contributed by atoms with Crippen LogP contribution in [0.5, 0.6) is 5.75 Å². The molecule has 0 radical (unpaired) electrons. The number of rotatable bonds is 2. The molecule has 2 aliphatic heterocycles. The Bertz CT molecular complexity index is 1060. The van der Waals surface area contributed by atoms with Gasteiger partial charge >= 0.3 is 0 Å². The molecule has 3 heterocycles. The third-order valence-electron chi connectivity index (χ3n) is 5.92. The number of halogens is 3. The van der Waals surface area contributed by atoms with Gasteiger partial charge in [0.25, 0.3) is 11.8 Å². The lowest BCUT2D eigenvalue weighted by Gasteiger charge is -2.43. The number of ether oxygens (including phenoxy) is 1.